The van der Waals surface area contributed by atoms with Crippen molar-refractivity contribution < 1.29 is 13.2 Å². The second-order valence-corrected chi connectivity index (χ2v) is 9.61. The Hall–Kier alpha value is -0.920. The molecule has 0 aromatic heterocycles. The Morgan fingerprint density at radius 2 is 1.81 bits per heavy atom. The van der Waals surface area contributed by atoms with E-state index in [0.717, 1.165) is 51.8 Å². The number of hydrogen-bond donors (Lipinski definition) is 0. The van der Waals surface area contributed by atoms with Gasteiger partial charge in [0, 0.05) is 37.8 Å². The summed E-state index contributed by atoms with van der Waals surface area (Å²) in [5.41, 5.74) is 0. The van der Waals surface area contributed by atoms with E-state index in [2.05, 4.69) is 18.5 Å². The Balaban J connectivity index is 1.77. The maximum absolute atomic E-state index is 12.8. The van der Waals surface area contributed by atoms with Crippen LogP contribution in [0.5, 0.6) is 0 Å². The molecular weight excluding hydrogens is 384 g/mol. The lowest BCUT2D eigenvalue weighted by atomic mass is 9.93. The quantitative estimate of drug-likeness (QED) is 0.431. The largest absolute Gasteiger partial charge is 0.378 e. The van der Waals surface area contributed by atoms with E-state index in [9.17, 15) is 8.42 Å². The normalized spacial score (nSPS) is 20.9. The third-order valence-electron chi connectivity index (χ3n) is 5.13. The zero-order valence-corrected chi connectivity index (χ0v) is 17.9. The van der Waals surface area contributed by atoms with E-state index in [1.807, 2.05) is 6.08 Å². The van der Waals surface area contributed by atoms with E-state index < -0.39 is 10.0 Å². The predicted octanol–water partition coefficient (Wildman–Crippen LogP) is 3.80. The van der Waals surface area contributed by atoms with Gasteiger partial charge in [0.05, 0.1) is 11.0 Å². The lowest BCUT2D eigenvalue weighted by Crippen LogP contribution is -2.40. The van der Waals surface area contributed by atoms with Crippen molar-refractivity contribution >= 4 is 21.6 Å². The van der Waals surface area contributed by atoms with E-state index in [-0.39, 0.29) is 17.0 Å². The Morgan fingerprint density at radius 3 is 2.41 bits per heavy atom. The first kappa shape index (κ1) is 22.4. The Labute approximate surface area is 169 Å². The molecule has 1 aliphatic rings. The van der Waals surface area contributed by atoms with Crippen LogP contribution in [0.3, 0.4) is 0 Å². The van der Waals surface area contributed by atoms with Gasteiger partial charge in [-0.3, -0.25) is 0 Å². The van der Waals surface area contributed by atoms with Crippen LogP contribution in [-0.4, -0.2) is 63.6 Å². The Morgan fingerprint density at radius 1 is 1.19 bits per heavy atom. The zero-order valence-electron chi connectivity index (χ0n) is 16.3. The number of rotatable bonds is 10. The minimum atomic E-state index is -3.49. The highest BCUT2D eigenvalue weighted by molar-refractivity contribution is 7.89. The summed E-state index contributed by atoms with van der Waals surface area (Å²) in [6, 6.07) is 6.36. The van der Waals surface area contributed by atoms with Crippen molar-refractivity contribution in [2.45, 2.75) is 49.1 Å². The van der Waals surface area contributed by atoms with Crippen molar-refractivity contribution in [1.82, 2.24) is 9.21 Å². The van der Waals surface area contributed by atoms with Gasteiger partial charge in [0.15, 0.2) is 0 Å². The third kappa shape index (κ3) is 6.57. The molecule has 0 atom stereocenters. The summed E-state index contributed by atoms with van der Waals surface area (Å²) in [5, 5.41) is 0.532. The van der Waals surface area contributed by atoms with Gasteiger partial charge in [0.1, 0.15) is 0 Å². The standard InChI is InChI=1S/C20H31ClN2O3S/c1-4-14-22(2)15-5-16-26-19-10-8-18(9-11-19)23(3)27(24,25)20-12-6-17(21)7-13-20/h4,6-7,12-13,18-19H,1,5,8-11,14-16H2,2-3H3. The first-order valence-corrected chi connectivity index (χ1v) is 11.3. The molecule has 0 amide bonds. The molecule has 27 heavy (non-hydrogen) atoms. The summed E-state index contributed by atoms with van der Waals surface area (Å²) in [6.07, 6.45) is 6.57. The zero-order chi connectivity index (χ0) is 19.9. The number of sulfonamides is 1. The highest BCUT2D eigenvalue weighted by Gasteiger charge is 2.31. The lowest BCUT2D eigenvalue weighted by molar-refractivity contribution is 0.0143. The van der Waals surface area contributed by atoms with Gasteiger partial charge in [-0.15, -0.1) is 6.58 Å². The van der Waals surface area contributed by atoms with Gasteiger partial charge in [0.2, 0.25) is 10.0 Å². The molecule has 0 N–H and O–H groups in total. The van der Waals surface area contributed by atoms with E-state index in [0.29, 0.717) is 5.02 Å². The molecule has 0 heterocycles. The van der Waals surface area contributed by atoms with Gasteiger partial charge in [-0.2, -0.15) is 4.31 Å². The monoisotopic (exact) mass is 414 g/mol. The SMILES string of the molecule is C=CCN(C)CCCOC1CCC(N(C)S(=O)(=O)c2ccc(Cl)cc2)CC1. The van der Waals surface area contributed by atoms with Gasteiger partial charge in [-0.1, -0.05) is 17.7 Å². The average Bonchev–Trinajstić information content (AvgIpc) is 2.66. The van der Waals surface area contributed by atoms with Gasteiger partial charge in [0.25, 0.3) is 0 Å². The van der Waals surface area contributed by atoms with Crippen molar-refractivity contribution in [1.29, 1.82) is 0 Å². The number of benzene rings is 1. The van der Waals surface area contributed by atoms with Gasteiger partial charge in [-0.05, 0) is 63.4 Å². The van der Waals surface area contributed by atoms with Crippen molar-refractivity contribution in [2.24, 2.45) is 0 Å². The van der Waals surface area contributed by atoms with Crippen LogP contribution in [0.1, 0.15) is 32.1 Å². The minimum Gasteiger partial charge on any atom is -0.378 e. The maximum Gasteiger partial charge on any atom is 0.243 e. The Bertz CT molecular complexity index is 686. The molecule has 152 valence electrons. The number of halogens is 1. The molecule has 2 rings (SSSR count). The van der Waals surface area contributed by atoms with Gasteiger partial charge < -0.3 is 9.64 Å². The maximum atomic E-state index is 12.8. The molecular formula is C20H31ClN2O3S. The summed E-state index contributed by atoms with van der Waals surface area (Å²) < 4.78 is 33.1. The molecule has 1 aliphatic carbocycles. The predicted molar refractivity (Wildman–Crippen MR) is 111 cm³/mol. The summed E-state index contributed by atoms with van der Waals surface area (Å²) in [4.78, 5) is 2.50. The highest BCUT2D eigenvalue weighted by atomic mass is 35.5. The molecule has 1 aromatic rings. The van der Waals surface area contributed by atoms with Crippen molar-refractivity contribution in [3.63, 3.8) is 0 Å². The number of likely N-dealkylation sites (N-methyl/N-ethyl adjacent to an activating group) is 1. The van der Waals surface area contributed by atoms with Crippen LogP contribution in [0.15, 0.2) is 41.8 Å². The smallest absolute Gasteiger partial charge is 0.243 e. The molecule has 0 radical (unpaired) electrons. The van der Waals surface area contributed by atoms with Crippen LogP contribution in [0.4, 0.5) is 0 Å². The van der Waals surface area contributed by atoms with Crippen molar-refractivity contribution in [2.75, 3.05) is 33.8 Å². The van der Waals surface area contributed by atoms with Crippen LogP contribution in [0.2, 0.25) is 5.02 Å². The van der Waals surface area contributed by atoms with Crippen molar-refractivity contribution in [3.05, 3.63) is 41.9 Å². The van der Waals surface area contributed by atoms with Crippen LogP contribution in [0, 0.1) is 0 Å². The van der Waals surface area contributed by atoms with Crippen LogP contribution in [-0.2, 0) is 14.8 Å². The lowest BCUT2D eigenvalue weighted by Gasteiger charge is -2.34. The molecule has 0 spiro atoms. The summed E-state index contributed by atoms with van der Waals surface area (Å²) in [6.45, 7) is 6.36. The van der Waals surface area contributed by atoms with E-state index in [4.69, 9.17) is 16.3 Å². The molecule has 0 bridgehead atoms. The number of nitrogens with zero attached hydrogens (tertiary/aromatic N) is 2. The summed E-state index contributed by atoms with van der Waals surface area (Å²) in [5.74, 6) is 0. The van der Waals surface area contributed by atoms with Gasteiger partial charge in [-0.25, -0.2) is 8.42 Å². The topological polar surface area (TPSA) is 49.9 Å². The molecule has 1 aromatic carbocycles. The Kier molecular flexibility index (Phi) is 8.76. The van der Waals surface area contributed by atoms with Crippen LogP contribution in [0.25, 0.3) is 0 Å². The second-order valence-electron chi connectivity index (χ2n) is 7.18. The number of hydrogen-bond acceptors (Lipinski definition) is 4. The van der Waals surface area contributed by atoms with E-state index in [1.54, 1.807) is 31.3 Å². The molecule has 0 aliphatic heterocycles. The third-order valence-corrected chi connectivity index (χ3v) is 7.30. The summed E-state index contributed by atoms with van der Waals surface area (Å²) in [7, 11) is 0.257. The molecule has 1 fully saturated rings. The highest BCUT2D eigenvalue weighted by Crippen LogP contribution is 2.28. The first-order chi connectivity index (χ1) is 12.8. The van der Waals surface area contributed by atoms with Gasteiger partial charge >= 0.3 is 0 Å². The second kappa shape index (κ2) is 10.6. The van der Waals surface area contributed by atoms with Crippen LogP contribution >= 0.6 is 11.6 Å². The van der Waals surface area contributed by atoms with Crippen LogP contribution < -0.4 is 0 Å². The minimum absolute atomic E-state index is 0.0178. The van der Waals surface area contributed by atoms with E-state index in [1.165, 1.54) is 4.31 Å². The molecule has 1 saturated carbocycles. The fraction of sp³-hybridized carbons (Fsp3) is 0.600. The fourth-order valence-electron chi connectivity index (χ4n) is 3.44. The van der Waals surface area contributed by atoms with E-state index >= 15 is 0 Å². The molecule has 5 nitrogen and oxygen atoms in total. The fourth-order valence-corrected chi connectivity index (χ4v) is 4.98. The molecule has 7 heteroatoms. The van der Waals surface area contributed by atoms with Crippen molar-refractivity contribution in [3.8, 4) is 0 Å². The molecule has 0 saturated heterocycles. The average molecular weight is 415 g/mol. The molecule has 0 unspecified atom stereocenters. The first-order valence-electron chi connectivity index (χ1n) is 9.49. The summed E-state index contributed by atoms with van der Waals surface area (Å²) >= 11 is 5.86. The number of ether oxygens (including phenoxy) is 1.